The molecular formula is C16H13N5OS. The van der Waals surface area contributed by atoms with Crippen LogP contribution in [0.3, 0.4) is 0 Å². The van der Waals surface area contributed by atoms with Gasteiger partial charge in [-0.2, -0.15) is 9.61 Å². The van der Waals surface area contributed by atoms with Crippen LogP contribution in [0.5, 0.6) is 0 Å². The number of oxazole rings is 1. The van der Waals surface area contributed by atoms with E-state index in [2.05, 4.69) is 19.8 Å². The molecular weight excluding hydrogens is 310 g/mol. The third-order valence-corrected chi connectivity index (χ3v) is 4.14. The lowest BCUT2D eigenvalue weighted by Gasteiger charge is -2.07. The maximum Gasteiger partial charge on any atom is 0.181 e. The third-order valence-electron chi connectivity index (χ3n) is 3.32. The molecule has 3 heterocycles. The molecule has 0 saturated heterocycles. The number of benzene rings is 1. The third kappa shape index (κ3) is 2.78. The first kappa shape index (κ1) is 13.8. The SMILES string of the molecule is Cc1cc2nccc(NSc3ccc(-c4cnco4)cc3)n2n1. The topological polar surface area (TPSA) is 68.2 Å². The smallest absolute Gasteiger partial charge is 0.181 e. The minimum Gasteiger partial charge on any atom is -0.444 e. The Labute approximate surface area is 136 Å². The van der Waals surface area contributed by atoms with Crippen LogP contribution in [-0.2, 0) is 0 Å². The zero-order valence-corrected chi connectivity index (χ0v) is 13.1. The summed E-state index contributed by atoms with van der Waals surface area (Å²) in [4.78, 5) is 9.31. The fraction of sp³-hybridized carbons (Fsp3) is 0.0625. The Balaban J connectivity index is 1.52. The molecule has 0 aliphatic rings. The Hall–Kier alpha value is -2.80. The summed E-state index contributed by atoms with van der Waals surface area (Å²) in [6, 6.07) is 11.9. The van der Waals surface area contributed by atoms with E-state index in [9.17, 15) is 0 Å². The fourth-order valence-electron chi connectivity index (χ4n) is 2.24. The molecule has 0 aliphatic heterocycles. The van der Waals surface area contributed by atoms with Crippen molar-refractivity contribution in [1.82, 2.24) is 19.6 Å². The van der Waals surface area contributed by atoms with E-state index in [1.165, 1.54) is 18.3 Å². The molecule has 0 radical (unpaired) electrons. The fourth-order valence-corrected chi connectivity index (χ4v) is 2.89. The number of aryl methyl sites for hydroxylation is 1. The second kappa shape index (κ2) is 5.77. The van der Waals surface area contributed by atoms with Crippen molar-refractivity contribution >= 4 is 23.4 Å². The molecule has 0 amide bonds. The van der Waals surface area contributed by atoms with Gasteiger partial charge in [-0.1, -0.05) is 12.1 Å². The van der Waals surface area contributed by atoms with Crippen molar-refractivity contribution in [3.05, 3.63) is 60.9 Å². The Kier molecular flexibility index (Phi) is 3.47. The molecule has 4 rings (SSSR count). The predicted octanol–water partition coefficient (Wildman–Crippen LogP) is 3.81. The summed E-state index contributed by atoms with van der Waals surface area (Å²) in [6.45, 7) is 1.95. The molecule has 6 nitrogen and oxygen atoms in total. The molecule has 0 unspecified atom stereocenters. The first-order chi connectivity index (χ1) is 11.3. The van der Waals surface area contributed by atoms with Gasteiger partial charge in [0.05, 0.1) is 11.9 Å². The van der Waals surface area contributed by atoms with E-state index >= 15 is 0 Å². The van der Waals surface area contributed by atoms with Crippen LogP contribution < -0.4 is 4.72 Å². The molecule has 23 heavy (non-hydrogen) atoms. The van der Waals surface area contributed by atoms with Crippen LogP contribution in [0.4, 0.5) is 5.82 Å². The van der Waals surface area contributed by atoms with E-state index in [-0.39, 0.29) is 0 Å². The van der Waals surface area contributed by atoms with Crippen LogP contribution in [0.25, 0.3) is 17.0 Å². The summed E-state index contributed by atoms with van der Waals surface area (Å²) in [7, 11) is 0. The van der Waals surface area contributed by atoms with Gasteiger partial charge >= 0.3 is 0 Å². The van der Waals surface area contributed by atoms with Gasteiger partial charge in [-0.05, 0) is 37.1 Å². The van der Waals surface area contributed by atoms with E-state index in [4.69, 9.17) is 4.42 Å². The number of nitrogens with zero attached hydrogens (tertiary/aromatic N) is 4. The van der Waals surface area contributed by atoms with Crippen LogP contribution >= 0.6 is 11.9 Å². The van der Waals surface area contributed by atoms with Crippen molar-refractivity contribution in [2.75, 3.05) is 4.72 Å². The van der Waals surface area contributed by atoms with Crippen molar-refractivity contribution in [2.24, 2.45) is 0 Å². The van der Waals surface area contributed by atoms with E-state index in [0.717, 1.165) is 33.4 Å². The van der Waals surface area contributed by atoms with E-state index in [0.29, 0.717) is 0 Å². The van der Waals surface area contributed by atoms with Crippen molar-refractivity contribution in [3.63, 3.8) is 0 Å². The van der Waals surface area contributed by atoms with E-state index in [1.54, 1.807) is 16.9 Å². The summed E-state index contributed by atoms with van der Waals surface area (Å²) in [5.74, 6) is 1.64. The number of nitrogens with one attached hydrogen (secondary N) is 1. The quantitative estimate of drug-likeness (QED) is 0.576. The van der Waals surface area contributed by atoms with E-state index < -0.39 is 0 Å². The van der Waals surface area contributed by atoms with Crippen LogP contribution in [0.15, 0.2) is 64.5 Å². The average molecular weight is 323 g/mol. The largest absolute Gasteiger partial charge is 0.444 e. The molecule has 0 saturated carbocycles. The summed E-state index contributed by atoms with van der Waals surface area (Å²) in [5.41, 5.74) is 2.77. The Morgan fingerprint density at radius 3 is 2.83 bits per heavy atom. The molecule has 0 atom stereocenters. The van der Waals surface area contributed by atoms with Gasteiger partial charge in [0.1, 0.15) is 5.82 Å². The molecule has 114 valence electrons. The highest BCUT2D eigenvalue weighted by atomic mass is 32.2. The lowest BCUT2D eigenvalue weighted by atomic mass is 10.2. The minimum absolute atomic E-state index is 0.761. The van der Waals surface area contributed by atoms with Crippen molar-refractivity contribution in [2.45, 2.75) is 11.8 Å². The van der Waals surface area contributed by atoms with Gasteiger partial charge in [0, 0.05) is 22.7 Å². The van der Waals surface area contributed by atoms with Gasteiger partial charge in [0.2, 0.25) is 0 Å². The molecule has 4 aromatic rings. The summed E-state index contributed by atoms with van der Waals surface area (Å²) in [6.07, 6.45) is 4.90. The Morgan fingerprint density at radius 2 is 2.04 bits per heavy atom. The van der Waals surface area contributed by atoms with Gasteiger partial charge in [0.15, 0.2) is 17.8 Å². The highest BCUT2D eigenvalue weighted by Crippen LogP contribution is 2.25. The maximum absolute atomic E-state index is 5.29. The molecule has 1 N–H and O–H groups in total. The summed E-state index contributed by atoms with van der Waals surface area (Å²) >= 11 is 1.52. The second-order valence-corrected chi connectivity index (χ2v) is 5.86. The molecule has 0 aliphatic carbocycles. The first-order valence-corrected chi connectivity index (χ1v) is 7.84. The molecule has 0 bridgehead atoms. The highest BCUT2D eigenvalue weighted by Gasteiger charge is 2.05. The van der Waals surface area contributed by atoms with Crippen molar-refractivity contribution in [3.8, 4) is 11.3 Å². The molecule has 3 aromatic heterocycles. The first-order valence-electron chi connectivity index (χ1n) is 7.03. The lowest BCUT2D eigenvalue weighted by molar-refractivity contribution is 0.572. The second-order valence-electron chi connectivity index (χ2n) is 4.98. The minimum atomic E-state index is 0.761. The number of rotatable bonds is 4. The monoisotopic (exact) mass is 323 g/mol. The number of fused-ring (bicyclic) bond motifs is 1. The normalized spacial score (nSPS) is 11.0. The zero-order valence-electron chi connectivity index (χ0n) is 12.3. The number of aromatic nitrogens is 4. The Morgan fingerprint density at radius 1 is 1.17 bits per heavy atom. The van der Waals surface area contributed by atoms with Crippen LogP contribution in [0.2, 0.25) is 0 Å². The van der Waals surface area contributed by atoms with Gasteiger partial charge in [-0.3, -0.25) is 0 Å². The number of hydrogen-bond donors (Lipinski definition) is 1. The molecule has 7 heteroatoms. The number of anilines is 1. The average Bonchev–Trinajstić information content (AvgIpc) is 3.22. The van der Waals surface area contributed by atoms with Crippen molar-refractivity contribution in [1.29, 1.82) is 0 Å². The molecule has 0 fully saturated rings. The number of hydrogen-bond acceptors (Lipinski definition) is 6. The van der Waals surface area contributed by atoms with Crippen LogP contribution in [-0.4, -0.2) is 19.6 Å². The zero-order chi connectivity index (χ0) is 15.6. The molecule has 1 aromatic carbocycles. The van der Waals surface area contributed by atoms with Gasteiger partial charge in [-0.25, -0.2) is 9.97 Å². The highest BCUT2D eigenvalue weighted by molar-refractivity contribution is 8.00. The van der Waals surface area contributed by atoms with E-state index in [1.807, 2.05) is 43.3 Å². The predicted molar refractivity (Wildman–Crippen MR) is 89.1 cm³/mol. The van der Waals surface area contributed by atoms with Crippen molar-refractivity contribution < 1.29 is 4.42 Å². The van der Waals surface area contributed by atoms with Crippen LogP contribution in [0, 0.1) is 6.92 Å². The summed E-state index contributed by atoms with van der Waals surface area (Å²) < 4.78 is 10.4. The summed E-state index contributed by atoms with van der Waals surface area (Å²) in [5, 5.41) is 4.43. The maximum atomic E-state index is 5.29. The molecule has 0 spiro atoms. The van der Waals surface area contributed by atoms with Gasteiger partial charge in [0.25, 0.3) is 0 Å². The van der Waals surface area contributed by atoms with Crippen LogP contribution in [0.1, 0.15) is 5.69 Å². The Bertz CT molecular complexity index is 931. The van der Waals surface area contributed by atoms with Gasteiger partial charge < -0.3 is 9.14 Å². The van der Waals surface area contributed by atoms with Gasteiger partial charge in [-0.15, -0.1) is 0 Å². The standard InChI is InChI=1S/C16H13N5OS/c1-11-8-16-18-7-6-15(21(16)19-11)20-23-13-4-2-12(3-5-13)14-9-17-10-22-14/h2-10,20H,1H3. The lowest BCUT2D eigenvalue weighted by Crippen LogP contribution is -1.98.